The lowest BCUT2D eigenvalue weighted by atomic mass is 10.0. The summed E-state index contributed by atoms with van der Waals surface area (Å²) in [5.74, 6) is 0. The molecule has 0 saturated carbocycles. The van der Waals surface area contributed by atoms with Crippen molar-refractivity contribution in [1.29, 1.82) is 0 Å². The Bertz CT molecular complexity index is 398. The van der Waals surface area contributed by atoms with Crippen molar-refractivity contribution in [2.75, 3.05) is 6.54 Å². The minimum absolute atomic E-state index is 0.150. The van der Waals surface area contributed by atoms with Crippen LogP contribution in [-0.4, -0.2) is 22.9 Å². The summed E-state index contributed by atoms with van der Waals surface area (Å²) in [4.78, 5) is 2.53. The molecule has 6 heteroatoms. The monoisotopic (exact) mass is 285 g/mol. The first kappa shape index (κ1) is 13.0. The molecule has 0 radical (unpaired) electrons. The second kappa shape index (κ2) is 5.86. The van der Waals surface area contributed by atoms with Crippen molar-refractivity contribution < 1.29 is 10.2 Å². The molecule has 0 aliphatic heterocycles. The topological polar surface area (TPSA) is 89.2 Å². The normalized spacial score (nSPS) is 14.0. The van der Waals surface area contributed by atoms with Gasteiger partial charge in [0.2, 0.25) is 0 Å². The third kappa shape index (κ3) is 3.50. The number of aliphatic hydroxyl groups is 2. The van der Waals surface area contributed by atoms with E-state index in [9.17, 15) is 10.2 Å². The summed E-state index contributed by atoms with van der Waals surface area (Å²) in [5, 5.41) is 22.6. The zero-order valence-electron chi connectivity index (χ0n) is 8.71. The minimum Gasteiger partial charge on any atom is -0.390 e. The molecule has 0 amide bonds. The fourth-order valence-electron chi connectivity index (χ4n) is 1.38. The van der Waals surface area contributed by atoms with Crippen LogP contribution in [-0.2, 0) is 0 Å². The van der Waals surface area contributed by atoms with E-state index < -0.39 is 12.2 Å². The molecule has 0 aliphatic carbocycles. The van der Waals surface area contributed by atoms with Gasteiger partial charge in [-0.3, -0.25) is 0 Å². The maximum Gasteiger partial charge on any atom is 0.105 e. The number of hydrogen-bond acceptors (Lipinski definition) is 3. The summed E-state index contributed by atoms with van der Waals surface area (Å²) >= 11 is 3.31. The Morgan fingerprint density at radius 2 is 2.12 bits per heavy atom. The highest BCUT2D eigenvalue weighted by Gasteiger charge is 2.17. The molecule has 86 valence electrons. The van der Waals surface area contributed by atoms with Crippen molar-refractivity contribution in [2.45, 2.75) is 19.1 Å². The van der Waals surface area contributed by atoms with E-state index in [4.69, 9.17) is 5.53 Å². The maximum absolute atomic E-state index is 9.81. The fraction of sp³-hybridized carbons (Fsp3) is 0.400. The number of hydrogen-bond donors (Lipinski definition) is 2. The quantitative estimate of drug-likeness (QED) is 0.505. The predicted molar refractivity (Wildman–Crippen MR) is 63.9 cm³/mol. The van der Waals surface area contributed by atoms with E-state index in [-0.39, 0.29) is 6.54 Å². The van der Waals surface area contributed by atoms with Gasteiger partial charge in [-0.05, 0) is 35.7 Å². The summed E-state index contributed by atoms with van der Waals surface area (Å²) in [5.41, 5.74) is 9.68. The lowest BCUT2D eigenvalue weighted by Gasteiger charge is -2.17. The fourth-order valence-corrected chi connectivity index (χ4v) is 2.00. The van der Waals surface area contributed by atoms with Crippen LogP contribution in [0.5, 0.6) is 0 Å². The van der Waals surface area contributed by atoms with E-state index >= 15 is 0 Å². The third-order valence-electron chi connectivity index (χ3n) is 2.10. The number of nitrogens with zero attached hydrogens (tertiary/aromatic N) is 3. The Kier molecular flexibility index (Phi) is 4.76. The lowest BCUT2D eigenvalue weighted by Crippen LogP contribution is -2.21. The first-order valence-corrected chi connectivity index (χ1v) is 5.48. The molecule has 0 saturated heterocycles. The standard InChI is InChI=1S/C10H12BrN3O2/c1-6-2-7(4-8(11)3-6)10(16)9(15)5-13-14-12/h2-4,9-10,15-16H,5H2,1H3. The summed E-state index contributed by atoms with van der Waals surface area (Å²) in [6, 6.07) is 5.39. The molecule has 2 unspecified atom stereocenters. The number of aryl methyl sites for hydroxylation is 1. The molecule has 1 aromatic rings. The van der Waals surface area contributed by atoms with Gasteiger partial charge in [-0.2, -0.15) is 0 Å². The van der Waals surface area contributed by atoms with Crippen LogP contribution < -0.4 is 0 Å². The molecule has 5 nitrogen and oxygen atoms in total. The van der Waals surface area contributed by atoms with Gasteiger partial charge in [-0.25, -0.2) is 0 Å². The van der Waals surface area contributed by atoms with Gasteiger partial charge in [-0.1, -0.05) is 27.1 Å². The zero-order chi connectivity index (χ0) is 12.1. The van der Waals surface area contributed by atoms with Gasteiger partial charge in [0.25, 0.3) is 0 Å². The second-order valence-corrected chi connectivity index (χ2v) is 4.40. The van der Waals surface area contributed by atoms with Crippen LogP contribution >= 0.6 is 15.9 Å². The van der Waals surface area contributed by atoms with Crippen LogP contribution in [0, 0.1) is 6.92 Å². The Morgan fingerprint density at radius 3 is 2.69 bits per heavy atom. The number of aliphatic hydroxyl groups excluding tert-OH is 2. The summed E-state index contributed by atoms with van der Waals surface area (Å²) in [7, 11) is 0. The highest BCUT2D eigenvalue weighted by atomic mass is 79.9. The molecule has 2 atom stereocenters. The van der Waals surface area contributed by atoms with E-state index in [0.717, 1.165) is 10.0 Å². The Labute approximate surface area is 101 Å². The van der Waals surface area contributed by atoms with Crippen LogP contribution in [0.25, 0.3) is 10.4 Å². The summed E-state index contributed by atoms with van der Waals surface area (Å²) in [6.45, 7) is 1.74. The summed E-state index contributed by atoms with van der Waals surface area (Å²) in [6.07, 6.45) is -2.15. The SMILES string of the molecule is Cc1cc(Br)cc(C(O)C(O)CN=[N+]=[N-])c1. The average molecular weight is 286 g/mol. The van der Waals surface area contributed by atoms with Crippen LogP contribution in [0.4, 0.5) is 0 Å². The van der Waals surface area contributed by atoms with Crippen molar-refractivity contribution in [1.82, 2.24) is 0 Å². The minimum atomic E-state index is -1.09. The largest absolute Gasteiger partial charge is 0.390 e. The smallest absolute Gasteiger partial charge is 0.105 e. The molecular weight excluding hydrogens is 274 g/mol. The molecule has 0 fully saturated rings. The van der Waals surface area contributed by atoms with Gasteiger partial charge >= 0.3 is 0 Å². The molecule has 0 bridgehead atoms. The number of halogens is 1. The van der Waals surface area contributed by atoms with E-state index in [1.54, 1.807) is 12.1 Å². The van der Waals surface area contributed by atoms with Crippen molar-refractivity contribution in [2.24, 2.45) is 5.11 Å². The molecule has 16 heavy (non-hydrogen) atoms. The predicted octanol–water partition coefficient (Wildman–Crippen LogP) is 2.46. The van der Waals surface area contributed by atoms with E-state index in [2.05, 4.69) is 26.0 Å². The molecular formula is C10H12BrN3O2. The van der Waals surface area contributed by atoms with Gasteiger partial charge in [0.05, 0.1) is 12.6 Å². The van der Waals surface area contributed by atoms with Crippen LogP contribution in [0.15, 0.2) is 27.8 Å². The van der Waals surface area contributed by atoms with Crippen LogP contribution in [0.3, 0.4) is 0 Å². The molecule has 0 aliphatic rings. The summed E-state index contributed by atoms with van der Waals surface area (Å²) < 4.78 is 0.831. The number of rotatable bonds is 4. The first-order chi connectivity index (χ1) is 7.54. The highest BCUT2D eigenvalue weighted by Crippen LogP contribution is 2.23. The highest BCUT2D eigenvalue weighted by molar-refractivity contribution is 9.10. The maximum atomic E-state index is 9.81. The van der Waals surface area contributed by atoms with Gasteiger partial charge in [-0.15, -0.1) is 0 Å². The van der Waals surface area contributed by atoms with Crippen LogP contribution in [0.2, 0.25) is 0 Å². The molecule has 1 aromatic carbocycles. The molecule has 2 N–H and O–H groups in total. The van der Waals surface area contributed by atoms with Gasteiger partial charge in [0.1, 0.15) is 6.10 Å². The molecule has 0 aromatic heterocycles. The lowest BCUT2D eigenvalue weighted by molar-refractivity contribution is 0.0243. The number of azide groups is 1. The van der Waals surface area contributed by atoms with Crippen molar-refractivity contribution in [3.05, 3.63) is 44.2 Å². The molecule has 1 rings (SSSR count). The Hall–Kier alpha value is -1.07. The van der Waals surface area contributed by atoms with E-state index in [0.29, 0.717) is 5.56 Å². The van der Waals surface area contributed by atoms with Crippen molar-refractivity contribution in [3.63, 3.8) is 0 Å². The van der Waals surface area contributed by atoms with Crippen molar-refractivity contribution >= 4 is 15.9 Å². The van der Waals surface area contributed by atoms with Gasteiger partial charge < -0.3 is 10.2 Å². The molecule has 0 heterocycles. The van der Waals surface area contributed by atoms with Gasteiger partial charge in [0.15, 0.2) is 0 Å². The van der Waals surface area contributed by atoms with E-state index in [1.165, 1.54) is 0 Å². The Balaban J connectivity index is 2.86. The van der Waals surface area contributed by atoms with E-state index in [1.807, 2.05) is 13.0 Å². The zero-order valence-corrected chi connectivity index (χ0v) is 10.3. The van der Waals surface area contributed by atoms with Crippen molar-refractivity contribution in [3.8, 4) is 0 Å². The Morgan fingerprint density at radius 1 is 1.44 bits per heavy atom. The van der Waals surface area contributed by atoms with Crippen LogP contribution in [0.1, 0.15) is 17.2 Å². The molecule has 0 spiro atoms. The van der Waals surface area contributed by atoms with Gasteiger partial charge in [0, 0.05) is 9.38 Å². The first-order valence-electron chi connectivity index (χ1n) is 4.68. The number of benzene rings is 1. The third-order valence-corrected chi connectivity index (χ3v) is 2.56. The average Bonchev–Trinajstić information content (AvgIpc) is 2.23. The second-order valence-electron chi connectivity index (χ2n) is 3.49.